The Labute approximate surface area is 152 Å². The molecule has 2 heterocycles. The van der Waals surface area contributed by atoms with Crippen molar-refractivity contribution in [2.24, 2.45) is 0 Å². The summed E-state index contributed by atoms with van der Waals surface area (Å²) in [5, 5.41) is 8.13. The van der Waals surface area contributed by atoms with Gasteiger partial charge in [-0.2, -0.15) is 0 Å². The first-order valence-corrected chi connectivity index (χ1v) is 8.63. The second kappa shape index (κ2) is 7.50. The van der Waals surface area contributed by atoms with E-state index in [0.29, 0.717) is 28.7 Å². The predicted molar refractivity (Wildman–Crippen MR) is 96.8 cm³/mol. The molecule has 0 spiro atoms. The Bertz CT molecular complexity index is 937. The molecule has 0 bridgehead atoms. The van der Waals surface area contributed by atoms with Gasteiger partial charge >= 0.3 is 0 Å². The van der Waals surface area contributed by atoms with Gasteiger partial charge in [-0.05, 0) is 36.8 Å². The molecule has 1 atom stereocenters. The standard InChI is InChI=1S/C16H17N5O4S/c1-10-7-8-17-11(9-10)15-18-19-16(20-26(22)23)21(15)14-12(24-2)5-4-6-13(14)25-3/h4-9H,1-3H3,(H,19,20)(H,22,23). The molecule has 2 N–H and O–H groups in total. The van der Waals surface area contributed by atoms with E-state index in [0.717, 1.165) is 5.56 Å². The number of aromatic nitrogens is 4. The third kappa shape index (κ3) is 3.37. The van der Waals surface area contributed by atoms with Crippen LogP contribution in [-0.4, -0.2) is 42.7 Å². The highest BCUT2D eigenvalue weighted by atomic mass is 32.2. The maximum absolute atomic E-state index is 11.3. The molecule has 26 heavy (non-hydrogen) atoms. The zero-order valence-corrected chi connectivity index (χ0v) is 15.1. The van der Waals surface area contributed by atoms with E-state index < -0.39 is 11.3 Å². The molecule has 0 aliphatic carbocycles. The Hall–Kier alpha value is -2.98. The van der Waals surface area contributed by atoms with Gasteiger partial charge in [-0.3, -0.25) is 14.1 Å². The molecule has 3 aromatic rings. The van der Waals surface area contributed by atoms with E-state index in [-0.39, 0.29) is 5.95 Å². The van der Waals surface area contributed by atoms with Gasteiger partial charge in [0.1, 0.15) is 22.9 Å². The van der Waals surface area contributed by atoms with Crippen molar-refractivity contribution >= 4 is 17.2 Å². The molecule has 0 saturated carbocycles. The van der Waals surface area contributed by atoms with Gasteiger partial charge in [-0.25, -0.2) is 8.93 Å². The molecule has 1 aromatic carbocycles. The second-order valence-corrected chi connectivity index (χ2v) is 5.97. The molecule has 0 aliphatic rings. The summed E-state index contributed by atoms with van der Waals surface area (Å²) >= 11 is -2.34. The van der Waals surface area contributed by atoms with Crippen LogP contribution < -0.4 is 14.2 Å². The molecule has 0 saturated heterocycles. The van der Waals surface area contributed by atoms with Crippen molar-refractivity contribution in [1.29, 1.82) is 0 Å². The van der Waals surface area contributed by atoms with Crippen molar-refractivity contribution in [3.63, 3.8) is 0 Å². The Kier molecular flexibility index (Phi) is 5.14. The van der Waals surface area contributed by atoms with Crippen LogP contribution in [0.3, 0.4) is 0 Å². The smallest absolute Gasteiger partial charge is 0.261 e. The van der Waals surface area contributed by atoms with Crippen LogP contribution in [-0.2, 0) is 11.3 Å². The van der Waals surface area contributed by atoms with E-state index in [1.165, 1.54) is 18.8 Å². The average Bonchev–Trinajstić information content (AvgIpc) is 3.03. The number of pyridine rings is 1. The maximum atomic E-state index is 11.3. The summed E-state index contributed by atoms with van der Waals surface area (Å²) in [6.45, 7) is 1.93. The quantitative estimate of drug-likeness (QED) is 0.635. The number of nitrogens with one attached hydrogen (secondary N) is 1. The van der Waals surface area contributed by atoms with Gasteiger partial charge < -0.3 is 9.47 Å². The van der Waals surface area contributed by atoms with Gasteiger partial charge in [0.15, 0.2) is 5.82 Å². The summed E-state index contributed by atoms with van der Waals surface area (Å²) in [4.78, 5) is 4.33. The van der Waals surface area contributed by atoms with Crippen molar-refractivity contribution in [2.45, 2.75) is 6.92 Å². The first-order valence-electron chi connectivity index (χ1n) is 7.52. The highest BCUT2D eigenvalue weighted by molar-refractivity contribution is 7.80. The van der Waals surface area contributed by atoms with Crippen molar-refractivity contribution in [3.05, 3.63) is 42.1 Å². The number of ether oxygens (including phenoxy) is 2. The summed E-state index contributed by atoms with van der Waals surface area (Å²) < 4.78 is 35.3. The third-order valence-corrected chi connectivity index (χ3v) is 3.97. The average molecular weight is 375 g/mol. The van der Waals surface area contributed by atoms with Crippen molar-refractivity contribution in [1.82, 2.24) is 19.7 Å². The Balaban J connectivity index is 2.32. The zero-order chi connectivity index (χ0) is 18.7. The monoisotopic (exact) mass is 375 g/mol. The lowest BCUT2D eigenvalue weighted by Crippen LogP contribution is -2.11. The number of methoxy groups -OCH3 is 2. The number of nitrogens with zero attached hydrogens (tertiary/aromatic N) is 4. The molecule has 136 valence electrons. The second-order valence-electron chi connectivity index (χ2n) is 5.26. The van der Waals surface area contributed by atoms with E-state index in [9.17, 15) is 8.76 Å². The minimum atomic E-state index is -2.34. The molecule has 0 radical (unpaired) electrons. The SMILES string of the molecule is COc1cccc(OC)c1-n1c(NS(=O)O)nnc1-c1cc(C)ccn1. The number of hydrogen-bond acceptors (Lipinski definition) is 6. The van der Waals surface area contributed by atoms with Crippen LogP contribution >= 0.6 is 0 Å². The number of anilines is 1. The largest absolute Gasteiger partial charge is 0.494 e. The molecule has 10 heteroatoms. The summed E-state index contributed by atoms with van der Waals surface area (Å²) in [5.41, 5.74) is 2.01. The fourth-order valence-corrected chi connectivity index (χ4v) is 2.80. The predicted octanol–water partition coefficient (Wildman–Crippen LogP) is 2.20. The third-order valence-electron chi connectivity index (χ3n) is 3.61. The Morgan fingerprint density at radius 2 is 1.85 bits per heavy atom. The molecule has 2 aromatic heterocycles. The van der Waals surface area contributed by atoms with Crippen LogP contribution in [0.1, 0.15) is 5.56 Å². The summed E-state index contributed by atoms with van der Waals surface area (Å²) in [6.07, 6.45) is 1.65. The van der Waals surface area contributed by atoms with Gasteiger partial charge in [0, 0.05) is 6.20 Å². The fourth-order valence-electron chi connectivity index (χ4n) is 2.52. The van der Waals surface area contributed by atoms with Gasteiger partial charge in [0.25, 0.3) is 11.3 Å². The molecule has 1 unspecified atom stereocenters. The molecule has 0 amide bonds. The lowest BCUT2D eigenvalue weighted by molar-refractivity contribution is 0.391. The van der Waals surface area contributed by atoms with E-state index >= 15 is 0 Å². The molecule has 9 nitrogen and oxygen atoms in total. The highest BCUT2D eigenvalue weighted by Crippen LogP contribution is 2.37. The lowest BCUT2D eigenvalue weighted by atomic mass is 10.2. The van der Waals surface area contributed by atoms with Crippen LogP contribution in [0.25, 0.3) is 17.2 Å². The van der Waals surface area contributed by atoms with Crippen LogP contribution in [0.15, 0.2) is 36.5 Å². The molecular weight excluding hydrogens is 358 g/mol. The van der Waals surface area contributed by atoms with Gasteiger partial charge in [-0.1, -0.05) is 6.07 Å². The lowest BCUT2D eigenvalue weighted by Gasteiger charge is -2.16. The van der Waals surface area contributed by atoms with Gasteiger partial charge in [0.2, 0.25) is 5.95 Å². The number of para-hydroxylation sites is 1. The van der Waals surface area contributed by atoms with E-state index in [1.807, 2.05) is 19.1 Å². The fraction of sp³-hybridized carbons (Fsp3) is 0.188. The Morgan fingerprint density at radius 1 is 1.15 bits per heavy atom. The van der Waals surface area contributed by atoms with Crippen LogP contribution in [0.5, 0.6) is 11.5 Å². The van der Waals surface area contributed by atoms with Crippen molar-refractivity contribution < 1.29 is 18.2 Å². The van der Waals surface area contributed by atoms with E-state index in [4.69, 9.17) is 9.47 Å². The number of rotatable bonds is 6. The molecule has 0 fully saturated rings. The Morgan fingerprint density at radius 3 is 2.42 bits per heavy atom. The molecule has 0 aliphatic heterocycles. The normalized spacial score (nSPS) is 11.8. The van der Waals surface area contributed by atoms with Crippen LogP contribution in [0.4, 0.5) is 5.95 Å². The van der Waals surface area contributed by atoms with E-state index in [2.05, 4.69) is 19.9 Å². The minimum Gasteiger partial charge on any atom is -0.494 e. The summed E-state index contributed by atoms with van der Waals surface area (Å²) in [7, 11) is 3.04. The van der Waals surface area contributed by atoms with Crippen molar-refractivity contribution in [2.75, 3.05) is 18.9 Å². The van der Waals surface area contributed by atoms with Crippen LogP contribution in [0, 0.1) is 6.92 Å². The van der Waals surface area contributed by atoms with Crippen LogP contribution in [0.2, 0.25) is 0 Å². The number of benzene rings is 1. The summed E-state index contributed by atoms with van der Waals surface area (Å²) in [6, 6.07) is 8.95. The first-order chi connectivity index (χ1) is 12.5. The van der Waals surface area contributed by atoms with Crippen molar-refractivity contribution in [3.8, 4) is 28.7 Å². The molecular formula is C16H17N5O4S. The highest BCUT2D eigenvalue weighted by Gasteiger charge is 2.23. The number of aryl methyl sites for hydroxylation is 1. The number of hydrogen-bond donors (Lipinski definition) is 2. The summed E-state index contributed by atoms with van der Waals surface area (Å²) in [5.74, 6) is 1.37. The topological polar surface area (TPSA) is 111 Å². The molecule has 3 rings (SSSR count). The zero-order valence-electron chi connectivity index (χ0n) is 14.3. The van der Waals surface area contributed by atoms with E-state index in [1.54, 1.807) is 24.4 Å². The minimum absolute atomic E-state index is 0.0481. The van der Waals surface area contributed by atoms with Gasteiger partial charge in [-0.15, -0.1) is 10.2 Å². The first kappa shape index (κ1) is 17.8. The maximum Gasteiger partial charge on any atom is 0.261 e. The van der Waals surface area contributed by atoms with Gasteiger partial charge in [0.05, 0.1) is 14.2 Å².